The fraction of sp³-hybridized carbons (Fsp3) is 0.558. The molecule has 2 saturated heterocycles. The van der Waals surface area contributed by atoms with E-state index in [1.54, 1.807) is 0 Å². The van der Waals surface area contributed by atoms with Crippen LogP contribution in [0, 0.1) is 0 Å². The molecule has 18 nitrogen and oxygen atoms in total. The Kier molecular flexibility index (Phi) is 22.8. The molecule has 0 aliphatic carbocycles. The zero-order valence-electron chi connectivity index (χ0n) is 41.2. The molecule has 0 saturated carbocycles. The van der Waals surface area contributed by atoms with E-state index in [4.69, 9.17) is 30.2 Å². The van der Waals surface area contributed by atoms with E-state index in [1.165, 1.54) is 0 Å². The van der Waals surface area contributed by atoms with E-state index in [-0.39, 0.29) is 41.8 Å². The van der Waals surface area contributed by atoms with Crippen LogP contribution in [0.5, 0.6) is 0 Å². The lowest BCUT2D eigenvalue weighted by Gasteiger charge is -2.23. The van der Waals surface area contributed by atoms with Crippen LogP contribution >= 0.6 is 11.8 Å². The number of thioether (sulfide) groups is 1. The van der Waals surface area contributed by atoms with Gasteiger partial charge in [0.25, 0.3) is 0 Å². The zero-order chi connectivity index (χ0) is 50.1. The highest BCUT2D eigenvalue weighted by Crippen LogP contribution is 2.40. The Labute approximate surface area is 421 Å². The number of carbonyl (C=O) groups is 4. The molecule has 384 valence electrons. The van der Waals surface area contributed by atoms with Gasteiger partial charge in [0.15, 0.2) is 0 Å². The van der Waals surface area contributed by atoms with Crippen LogP contribution in [-0.2, 0) is 39.9 Å². The number of nitrogens with two attached hydrogens (primary N) is 1. The van der Waals surface area contributed by atoms with E-state index in [0.717, 1.165) is 96.5 Å². The SMILES string of the molecule is C[C@]12CS[C@@H](CCCCC(=O)NCCCCCNC(=O)CCOCCOCCOCCOCCNC(=O)CCCCC[n+]3c(-c4ccccc4)c4cc(N=[N+]=[N-])ccc4c4ccc(N)cc43)[C@H]1NC(=O)N2. The number of hydrogen-bond acceptors (Lipinski definition) is 11. The number of hydrogen-bond donors (Lipinski definition) is 6. The first-order valence-electron chi connectivity index (χ1n) is 25.3. The van der Waals surface area contributed by atoms with Crippen molar-refractivity contribution in [1.82, 2.24) is 26.6 Å². The lowest BCUT2D eigenvalue weighted by Crippen LogP contribution is -2.47. The van der Waals surface area contributed by atoms with E-state index in [2.05, 4.69) is 60.2 Å². The van der Waals surface area contributed by atoms with Crippen LogP contribution in [-0.4, -0.2) is 119 Å². The Morgan fingerprint density at radius 3 is 2.06 bits per heavy atom. The summed E-state index contributed by atoms with van der Waals surface area (Å²) in [6.07, 6.45) is 9.13. The van der Waals surface area contributed by atoms with Crippen LogP contribution < -0.4 is 36.9 Å². The summed E-state index contributed by atoms with van der Waals surface area (Å²) in [6.45, 7) is 7.66. The second-order valence-corrected chi connectivity index (χ2v) is 19.5. The summed E-state index contributed by atoms with van der Waals surface area (Å²) >= 11 is 1.90. The third kappa shape index (κ3) is 17.5. The van der Waals surface area contributed by atoms with E-state index in [0.29, 0.717) is 109 Å². The van der Waals surface area contributed by atoms with Gasteiger partial charge in [-0.3, -0.25) is 14.4 Å². The van der Waals surface area contributed by atoms with Gasteiger partial charge in [0.05, 0.1) is 75.2 Å². The molecule has 3 aromatic carbocycles. The number of amides is 5. The number of unbranched alkanes of at least 4 members (excludes halogenated alkanes) is 5. The van der Waals surface area contributed by atoms with Crippen molar-refractivity contribution in [1.29, 1.82) is 0 Å². The molecule has 7 N–H and O–H groups in total. The van der Waals surface area contributed by atoms with Crippen LogP contribution in [0.25, 0.3) is 43.4 Å². The minimum Gasteiger partial charge on any atom is -0.399 e. The van der Waals surface area contributed by atoms with Gasteiger partial charge in [-0.1, -0.05) is 41.9 Å². The molecule has 4 aromatic rings. The Bertz CT molecular complexity index is 2410. The molecule has 3 atom stereocenters. The summed E-state index contributed by atoms with van der Waals surface area (Å²) in [5.41, 5.74) is 19.6. The Hall–Kier alpha value is -5.69. The van der Waals surface area contributed by atoms with Crippen LogP contribution in [0.4, 0.5) is 16.2 Å². The molecule has 0 bridgehead atoms. The van der Waals surface area contributed by atoms with Gasteiger partial charge in [-0.05, 0) is 87.7 Å². The van der Waals surface area contributed by atoms with Gasteiger partial charge in [0, 0.05) is 89.6 Å². The number of rotatable bonds is 34. The minimum atomic E-state index is -0.162. The van der Waals surface area contributed by atoms with Gasteiger partial charge in [-0.2, -0.15) is 16.3 Å². The van der Waals surface area contributed by atoms with Crippen molar-refractivity contribution >= 4 is 68.6 Å². The van der Waals surface area contributed by atoms with E-state index < -0.39 is 0 Å². The van der Waals surface area contributed by atoms with Crippen molar-refractivity contribution in [2.75, 3.05) is 84.0 Å². The number of urea groups is 1. The van der Waals surface area contributed by atoms with Gasteiger partial charge in [0.1, 0.15) is 6.54 Å². The van der Waals surface area contributed by atoms with Crippen molar-refractivity contribution in [2.45, 2.75) is 107 Å². The summed E-state index contributed by atoms with van der Waals surface area (Å²) in [5, 5.41) is 22.3. The summed E-state index contributed by atoms with van der Waals surface area (Å²) in [7, 11) is 0. The minimum absolute atomic E-state index is 0.00475. The fourth-order valence-corrected chi connectivity index (χ4v) is 10.8. The quantitative estimate of drug-likeness (QED) is 0.00404. The van der Waals surface area contributed by atoms with Crippen LogP contribution in [0.3, 0.4) is 0 Å². The molecule has 0 unspecified atom stereocenters. The second-order valence-electron chi connectivity index (χ2n) is 18.3. The van der Waals surface area contributed by atoms with Crippen molar-refractivity contribution in [2.24, 2.45) is 5.11 Å². The van der Waals surface area contributed by atoms with E-state index >= 15 is 0 Å². The molecule has 19 heteroatoms. The first-order chi connectivity index (χ1) is 34.6. The molecule has 6 rings (SSSR count). The van der Waals surface area contributed by atoms with Crippen molar-refractivity contribution in [3.8, 4) is 11.3 Å². The van der Waals surface area contributed by atoms with E-state index in [1.807, 2.05) is 66.4 Å². The number of ether oxygens (including phenoxy) is 4. The molecule has 71 heavy (non-hydrogen) atoms. The zero-order valence-corrected chi connectivity index (χ0v) is 42.0. The summed E-state index contributed by atoms with van der Waals surface area (Å²) in [4.78, 5) is 51.7. The largest absolute Gasteiger partial charge is 0.399 e. The topological polar surface area (TPSA) is 244 Å². The van der Waals surface area contributed by atoms with Gasteiger partial charge in [-0.25, -0.2) is 4.79 Å². The lowest BCUT2D eigenvalue weighted by molar-refractivity contribution is -0.659. The van der Waals surface area contributed by atoms with Crippen LogP contribution in [0.15, 0.2) is 71.8 Å². The normalized spacial score (nSPS) is 17.1. The van der Waals surface area contributed by atoms with Crippen molar-refractivity contribution in [3.63, 3.8) is 0 Å². The Morgan fingerprint density at radius 1 is 0.732 bits per heavy atom. The number of nitrogens with zero attached hydrogens (tertiary/aromatic N) is 4. The highest BCUT2D eigenvalue weighted by molar-refractivity contribution is 8.00. The maximum Gasteiger partial charge on any atom is 0.315 e. The molecular formula is C52H73N10O8S+. The predicted molar refractivity (Wildman–Crippen MR) is 278 cm³/mol. The molecule has 0 spiro atoms. The number of benzene rings is 3. The van der Waals surface area contributed by atoms with E-state index in [9.17, 15) is 19.2 Å². The maximum absolute atomic E-state index is 12.6. The Morgan fingerprint density at radius 2 is 1.35 bits per heavy atom. The number of fused-ring (bicyclic) bond motifs is 4. The van der Waals surface area contributed by atoms with Gasteiger partial charge in [-0.15, -0.1) is 0 Å². The van der Waals surface area contributed by atoms with Crippen molar-refractivity contribution < 1.29 is 42.7 Å². The average Bonchev–Trinajstić information content (AvgIpc) is 3.83. The first-order valence-corrected chi connectivity index (χ1v) is 26.3. The number of aryl methyl sites for hydroxylation is 1. The van der Waals surface area contributed by atoms with Gasteiger partial charge in [0.2, 0.25) is 28.9 Å². The molecule has 3 heterocycles. The number of nitrogens with one attached hydrogen (secondary N) is 5. The Balaban J connectivity index is 0.699. The number of anilines is 1. The number of carbonyl (C=O) groups excluding carboxylic acids is 4. The van der Waals surface area contributed by atoms with Gasteiger partial charge < -0.3 is 51.3 Å². The number of azide groups is 1. The standard InChI is InChI=1S/C52H72N10O8S/c1-52-37-71-45(50(52)58-51(66)59-52)15-8-9-17-46(63)55-23-10-4-11-24-56-48(65)22-27-67-29-31-69-33-34-70-32-30-68-28-25-57-47(64)16-7-3-12-26-62-44-35-39(53)18-20-42(44)41-21-19-40(60-61-54)36-43(41)49(62)38-13-5-2-6-14-38/h2,5-6,13-14,18-21,35-36,45,50,53H,3-4,7-12,15-17,22-34,37H2,1H3,(H5,55,56,57,58,59,63,64,65,66)/p+1/t45-,50+,52-/m0/s1. The molecule has 1 aromatic heterocycles. The number of nitrogen functional groups attached to an aromatic ring is 1. The summed E-state index contributed by atoms with van der Waals surface area (Å²) in [6, 6.07) is 22.0. The summed E-state index contributed by atoms with van der Waals surface area (Å²) in [5.74, 6) is 0.945. The van der Waals surface area contributed by atoms with Gasteiger partial charge >= 0.3 is 6.03 Å². The maximum atomic E-state index is 12.6. The molecular weight excluding hydrogens is 925 g/mol. The lowest BCUT2D eigenvalue weighted by atomic mass is 9.92. The smallest absolute Gasteiger partial charge is 0.315 e. The average molecular weight is 998 g/mol. The molecule has 2 fully saturated rings. The third-order valence-corrected chi connectivity index (χ3v) is 14.5. The number of pyridine rings is 1. The molecule has 0 radical (unpaired) electrons. The summed E-state index contributed by atoms with van der Waals surface area (Å²) < 4.78 is 24.5. The molecule has 5 amide bonds. The second kappa shape index (κ2) is 29.6. The number of aromatic nitrogens is 1. The van der Waals surface area contributed by atoms with Crippen LogP contribution in [0.1, 0.15) is 84.0 Å². The monoisotopic (exact) mass is 998 g/mol. The fourth-order valence-electron chi connectivity index (χ4n) is 9.11. The predicted octanol–water partition coefficient (Wildman–Crippen LogP) is 7.12. The van der Waals surface area contributed by atoms with Crippen molar-refractivity contribution in [3.05, 3.63) is 77.2 Å². The molecule has 2 aliphatic rings. The highest BCUT2D eigenvalue weighted by Gasteiger charge is 2.51. The first kappa shape index (κ1) is 54.6. The van der Waals surface area contributed by atoms with Crippen LogP contribution in [0.2, 0.25) is 0 Å². The molecule has 2 aliphatic heterocycles. The highest BCUT2D eigenvalue weighted by atomic mass is 32.2. The third-order valence-electron chi connectivity index (χ3n) is 12.8.